The van der Waals surface area contributed by atoms with Crippen molar-refractivity contribution in [3.8, 4) is 11.5 Å². The molecule has 0 saturated heterocycles. The Bertz CT molecular complexity index is 1040. The Kier molecular flexibility index (Phi) is 5.36. The van der Waals surface area contributed by atoms with Crippen LogP contribution in [-0.2, 0) is 10.0 Å². The largest absolute Gasteiger partial charge is 0.456 e. The van der Waals surface area contributed by atoms with Crippen LogP contribution in [-0.4, -0.2) is 8.42 Å². The van der Waals surface area contributed by atoms with Crippen LogP contribution in [0.5, 0.6) is 11.5 Å². The summed E-state index contributed by atoms with van der Waals surface area (Å²) >= 11 is 11.7. The average molecular weight is 412 g/mol. The van der Waals surface area contributed by atoms with Crippen molar-refractivity contribution >= 4 is 38.9 Å². The normalized spacial score (nSPS) is 11.2. The highest BCUT2D eigenvalue weighted by atomic mass is 35.5. The Balaban J connectivity index is 1.76. The monoisotopic (exact) mass is 411 g/mol. The molecule has 134 valence electrons. The highest BCUT2D eigenvalue weighted by Crippen LogP contribution is 2.30. The second-order valence-corrected chi connectivity index (χ2v) is 7.74. The highest BCUT2D eigenvalue weighted by Gasteiger charge is 2.16. The van der Waals surface area contributed by atoms with Gasteiger partial charge in [-0.05, 0) is 54.6 Å². The van der Waals surface area contributed by atoms with Gasteiger partial charge in [0.25, 0.3) is 10.0 Å². The van der Waals surface area contributed by atoms with Gasteiger partial charge in [0.2, 0.25) is 0 Å². The molecule has 0 unspecified atom stereocenters. The average Bonchev–Trinajstić information content (AvgIpc) is 2.60. The molecular weight excluding hydrogens is 400 g/mol. The van der Waals surface area contributed by atoms with Gasteiger partial charge >= 0.3 is 0 Å². The summed E-state index contributed by atoms with van der Waals surface area (Å²) in [6.07, 6.45) is 0. The number of ether oxygens (including phenoxy) is 1. The van der Waals surface area contributed by atoms with Crippen LogP contribution in [0.4, 0.5) is 10.1 Å². The van der Waals surface area contributed by atoms with Gasteiger partial charge in [0.15, 0.2) is 0 Å². The Hall–Kier alpha value is -2.28. The van der Waals surface area contributed by atoms with Crippen LogP contribution < -0.4 is 9.46 Å². The Morgan fingerprint density at radius 2 is 1.58 bits per heavy atom. The molecule has 3 aromatic carbocycles. The van der Waals surface area contributed by atoms with Crippen molar-refractivity contribution in [2.24, 2.45) is 0 Å². The molecule has 0 aliphatic carbocycles. The Labute approximate surface area is 160 Å². The molecule has 0 aliphatic heterocycles. The van der Waals surface area contributed by atoms with Crippen LogP contribution in [0.1, 0.15) is 0 Å². The predicted octanol–water partition coefficient (Wildman–Crippen LogP) is 5.73. The van der Waals surface area contributed by atoms with E-state index in [1.807, 2.05) is 0 Å². The zero-order valence-electron chi connectivity index (χ0n) is 13.1. The van der Waals surface area contributed by atoms with E-state index in [0.29, 0.717) is 22.2 Å². The third-order valence-corrected chi connectivity index (χ3v) is 5.35. The number of hydrogen-bond acceptors (Lipinski definition) is 3. The molecule has 0 aliphatic rings. The molecular formula is C18H12Cl2FNO3S. The van der Waals surface area contributed by atoms with E-state index in [1.54, 1.807) is 36.4 Å². The van der Waals surface area contributed by atoms with Crippen LogP contribution in [0.15, 0.2) is 71.6 Å². The number of rotatable bonds is 5. The van der Waals surface area contributed by atoms with Gasteiger partial charge in [-0.1, -0.05) is 35.3 Å². The first-order valence-corrected chi connectivity index (χ1v) is 9.59. The minimum Gasteiger partial charge on any atom is -0.456 e. The van der Waals surface area contributed by atoms with E-state index in [2.05, 4.69) is 4.72 Å². The molecule has 0 saturated carbocycles. The first-order valence-electron chi connectivity index (χ1n) is 7.35. The summed E-state index contributed by atoms with van der Waals surface area (Å²) in [5.41, 5.74) is 0.317. The lowest BCUT2D eigenvalue weighted by Crippen LogP contribution is -2.13. The zero-order chi connectivity index (χ0) is 18.7. The van der Waals surface area contributed by atoms with Gasteiger partial charge in [-0.3, -0.25) is 4.72 Å². The van der Waals surface area contributed by atoms with Crippen LogP contribution in [0.2, 0.25) is 10.0 Å². The summed E-state index contributed by atoms with van der Waals surface area (Å²) in [6.45, 7) is 0. The molecule has 0 amide bonds. The summed E-state index contributed by atoms with van der Waals surface area (Å²) in [5, 5.41) is 0.196. The van der Waals surface area contributed by atoms with Crippen molar-refractivity contribution in [3.05, 3.63) is 82.6 Å². The van der Waals surface area contributed by atoms with E-state index < -0.39 is 15.8 Å². The number of sulfonamides is 1. The summed E-state index contributed by atoms with van der Waals surface area (Å²) in [7, 11) is -3.89. The SMILES string of the molecule is O=S(=O)(Nc1ccc(Oc2ccccc2Cl)cc1)c1ccc(F)c(Cl)c1. The summed E-state index contributed by atoms with van der Waals surface area (Å²) in [6, 6.07) is 16.4. The minimum absolute atomic E-state index is 0.139. The maximum absolute atomic E-state index is 13.2. The first kappa shape index (κ1) is 18.5. The van der Waals surface area contributed by atoms with E-state index in [9.17, 15) is 12.8 Å². The van der Waals surface area contributed by atoms with Crippen LogP contribution in [0.25, 0.3) is 0 Å². The van der Waals surface area contributed by atoms with Crippen molar-refractivity contribution in [1.29, 1.82) is 0 Å². The van der Waals surface area contributed by atoms with Crippen LogP contribution in [0.3, 0.4) is 0 Å². The maximum atomic E-state index is 13.2. The molecule has 4 nitrogen and oxygen atoms in total. The maximum Gasteiger partial charge on any atom is 0.261 e. The molecule has 0 radical (unpaired) electrons. The molecule has 0 fully saturated rings. The van der Waals surface area contributed by atoms with Crippen molar-refractivity contribution in [2.45, 2.75) is 4.90 Å². The number of para-hydroxylation sites is 1. The summed E-state index contributed by atoms with van der Waals surface area (Å²) in [5.74, 6) is 0.293. The fourth-order valence-electron chi connectivity index (χ4n) is 2.10. The van der Waals surface area contributed by atoms with Gasteiger partial charge < -0.3 is 4.74 Å². The number of hydrogen-bond donors (Lipinski definition) is 1. The molecule has 26 heavy (non-hydrogen) atoms. The third-order valence-electron chi connectivity index (χ3n) is 3.37. The smallest absolute Gasteiger partial charge is 0.261 e. The molecule has 3 rings (SSSR count). The molecule has 0 heterocycles. The third kappa shape index (κ3) is 4.27. The quantitative estimate of drug-likeness (QED) is 0.583. The molecule has 3 aromatic rings. The van der Waals surface area contributed by atoms with Crippen molar-refractivity contribution in [2.75, 3.05) is 4.72 Å². The lowest BCUT2D eigenvalue weighted by atomic mass is 10.3. The molecule has 0 spiro atoms. The van der Waals surface area contributed by atoms with E-state index >= 15 is 0 Å². The minimum atomic E-state index is -3.89. The van der Waals surface area contributed by atoms with Crippen molar-refractivity contribution < 1.29 is 17.5 Å². The summed E-state index contributed by atoms with van der Waals surface area (Å²) in [4.78, 5) is -0.139. The number of halogens is 3. The predicted molar refractivity (Wildman–Crippen MR) is 100 cm³/mol. The molecule has 0 aromatic heterocycles. The number of benzene rings is 3. The van der Waals surface area contributed by atoms with Crippen LogP contribution >= 0.6 is 23.2 Å². The number of nitrogens with one attached hydrogen (secondary N) is 1. The highest BCUT2D eigenvalue weighted by molar-refractivity contribution is 7.92. The molecule has 1 N–H and O–H groups in total. The van der Waals surface area contributed by atoms with Crippen molar-refractivity contribution in [1.82, 2.24) is 0 Å². The first-order chi connectivity index (χ1) is 12.3. The Morgan fingerprint density at radius 1 is 0.885 bits per heavy atom. The zero-order valence-corrected chi connectivity index (χ0v) is 15.4. The van der Waals surface area contributed by atoms with Gasteiger partial charge in [-0.15, -0.1) is 0 Å². The standard InChI is InChI=1S/C18H12Cl2FNO3S/c19-15-3-1-2-4-18(15)25-13-7-5-12(6-8-13)22-26(23,24)14-9-10-17(21)16(20)11-14/h1-11,22H. The van der Waals surface area contributed by atoms with Gasteiger partial charge in [0, 0.05) is 5.69 Å². The van der Waals surface area contributed by atoms with Crippen LogP contribution in [0, 0.1) is 5.82 Å². The van der Waals surface area contributed by atoms with Gasteiger partial charge in [0.1, 0.15) is 17.3 Å². The van der Waals surface area contributed by atoms with E-state index in [-0.39, 0.29) is 9.92 Å². The second kappa shape index (κ2) is 7.53. The summed E-state index contributed by atoms with van der Waals surface area (Å²) < 4.78 is 45.9. The molecule has 0 bridgehead atoms. The Morgan fingerprint density at radius 3 is 2.23 bits per heavy atom. The van der Waals surface area contributed by atoms with Gasteiger partial charge in [-0.2, -0.15) is 0 Å². The molecule has 8 heteroatoms. The fraction of sp³-hybridized carbons (Fsp3) is 0. The topological polar surface area (TPSA) is 55.4 Å². The van der Waals surface area contributed by atoms with E-state index in [1.165, 1.54) is 12.1 Å². The lowest BCUT2D eigenvalue weighted by molar-refractivity contribution is 0.483. The van der Waals surface area contributed by atoms with E-state index in [0.717, 1.165) is 18.2 Å². The van der Waals surface area contributed by atoms with E-state index in [4.69, 9.17) is 27.9 Å². The fourth-order valence-corrected chi connectivity index (χ4v) is 3.61. The lowest BCUT2D eigenvalue weighted by Gasteiger charge is -2.10. The van der Waals surface area contributed by atoms with Gasteiger partial charge in [0.05, 0.1) is 14.9 Å². The number of anilines is 1. The van der Waals surface area contributed by atoms with Crippen molar-refractivity contribution in [3.63, 3.8) is 0 Å². The second-order valence-electron chi connectivity index (χ2n) is 5.24. The molecule has 0 atom stereocenters. The van der Waals surface area contributed by atoms with Gasteiger partial charge in [-0.25, -0.2) is 12.8 Å².